The van der Waals surface area contributed by atoms with Crippen molar-refractivity contribution in [1.29, 1.82) is 0 Å². The molecule has 1 unspecified atom stereocenters. The molecule has 1 atom stereocenters. The lowest BCUT2D eigenvalue weighted by atomic mass is 10.0. The van der Waals surface area contributed by atoms with Crippen LogP contribution in [-0.4, -0.2) is 42.4 Å². The zero-order valence-corrected chi connectivity index (χ0v) is 15.3. The summed E-state index contributed by atoms with van der Waals surface area (Å²) in [5.74, 6) is 0.823. The first-order valence-electron chi connectivity index (χ1n) is 9.47. The molecule has 2 N–H and O–H groups in total. The first-order valence-corrected chi connectivity index (χ1v) is 9.47. The molecule has 5 nitrogen and oxygen atoms in total. The second kappa shape index (κ2) is 8.00. The molecular weight excluding hydrogens is 314 g/mol. The minimum Gasteiger partial charge on any atom is -0.336 e. The molecule has 136 valence electrons. The maximum absolute atomic E-state index is 12.7. The fourth-order valence-corrected chi connectivity index (χ4v) is 3.41. The lowest BCUT2D eigenvalue weighted by molar-refractivity contribution is -0.115. The molecule has 3 rings (SSSR count). The third-order valence-corrected chi connectivity index (χ3v) is 5.23. The molecule has 0 bridgehead atoms. The minimum absolute atomic E-state index is 0.0347. The van der Waals surface area contributed by atoms with Gasteiger partial charge in [0, 0.05) is 23.8 Å². The minimum atomic E-state index is -0.0347. The van der Waals surface area contributed by atoms with Crippen molar-refractivity contribution in [2.45, 2.75) is 52.0 Å². The largest absolute Gasteiger partial charge is 0.336 e. The van der Waals surface area contributed by atoms with E-state index in [2.05, 4.69) is 17.6 Å². The Morgan fingerprint density at radius 1 is 1.20 bits per heavy atom. The van der Waals surface area contributed by atoms with Crippen LogP contribution in [0.3, 0.4) is 0 Å². The Hall–Kier alpha value is -1.88. The second-order valence-electron chi connectivity index (χ2n) is 7.50. The molecule has 25 heavy (non-hydrogen) atoms. The highest BCUT2D eigenvalue weighted by Crippen LogP contribution is 2.27. The van der Waals surface area contributed by atoms with E-state index in [1.165, 1.54) is 19.3 Å². The van der Waals surface area contributed by atoms with Gasteiger partial charge in [-0.2, -0.15) is 0 Å². The summed E-state index contributed by atoms with van der Waals surface area (Å²) in [5, 5.41) is 6.12. The van der Waals surface area contributed by atoms with Crippen LogP contribution in [0.1, 0.15) is 54.9 Å². The van der Waals surface area contributed by atoms with Gasteiger partial charge >= 0.3 is 0 Å². The Bertz CT molecular complexity index is 640. The van der Waals surface area contributed by atoms with Crippen LogP contribution in [-0.2, 0) is 4.79 Å². The average Bonchev–Trinajstić information content (AvgIpc) is 3.41. The molecule has 1 aromatic rings. The van der Waals surface area contributed by atoms with Crippen LogP contribution < -0.4 is 10.6 Å². The van der Waals surface area contributed by atoms with E-state index in [0.29, 0.717) is 18.2 Å². The van der Waals surface area contributed by atoms with Crippen LogP contribution in [0.15, 0.2) is 18.2 Å². The topological polar surface area (TPSA) is 61.4 Å². The fraction of sp³-hybridized carbons (Fsp3) is 0.600. The number of benzene rings is 1. The number of hydrogen-bond donors (Lipinski definition) is 2. The highest BCUT2D eigenvalue weighted by atomic mass is 16.2. The number of carbonyl (C=O) groups is 2. The SMILES string of the molecule is Cc1cc(C(=O)N2CCCCC2C)ccc1NC(=O)CNCC1CC1. The van der Waals surface area contributed by atoms with Gasteiger partial charge in [0.15, 0.2) is 0 Å². The normalized spacial score (nSPS) is 20.4. The summed E-state index contributed by atoms with van der Waals surface area (Å²) >= 11 is 0. The quantitative estimate of drug-likeness (QED) is 0.835. The van der Waals surface area contributed by atoms with Gasteiger partial charge in [-0.05, 0) is 82.2 Å². The van der Waals surface area contributed by atoms with Crippen LogP contribution in [0.25, 0.3) is 0 Å². The van der Waals surface area contributed by atoms with Crippen LogP contribution in [0, 0.1) is 12.8 Å². The van der Waals surface area contributed by atoms with E-state index in [1.807, 2.05) is 30.0 Å². The van der Waals surface area contributed by atoms with Crippen LogP contribution in [0.4, 0.5) is 5.69 Å². The molecule has 0 aromatic heterocycles. The van der Waals surface area contributed by atoms with Gasteiger partial charge in [-0.25, -0.2) is 0 Å². The number of nitrogens with one attached hydrogen (secondary N) is 2. The molecular formula is C20H29N3O2. The predicted molar refractivity (Wildman–Crippen MR) is 99.8 cm³/mol. The molecule has 1 saturated heterocycles. The lowest BCUT2D eigenvalue weighted by Gasteiger charge is -2.33. The highest BCUT2D eigenvalue weighted by Gasteiger charge is 2.24. The Kier molecular flexibility index (Phi) is 5.74. The summed E-state index contributed by atoms with van der Waals surface area (Å²) in [6, 6.07) is 5.86. The molecule has 1 aliphatic carbocycles. The van der Waals surface area contributed by atoms with Crippen molar-refractivity contribution in [3.63, 3.8) is 0 Å². The highest BCUT2D eigenvalue weighted by molar-refractivity contribution is 5.97. The number of likely N-dealkylation sites (tertiary alicyclic amines) is 1. The van der Waals surface area contributed by atoms with E-state index in [0.717, 1.165) is 43.1 Å². The summed E-state index contributed by atoms with van der Waals surface area (Å²) < 4.78 is 0. The smallest absolute Gasteiger partial charge is 0.254 e. The lowest BCUT2D eigenvalue weighted by Crippen LogP contribution is -2.42. The molecule has 2 fully saturated rings. The van der Waals surface area contributed by atoms with Gasteiger partial charge in [0.2, 0.25) is 5.91 Å². The van der Waals surface area contributed by atoms with Gasteiger partial charge in [-0.3, -0.25) is 9.59 Å². The van der Waals surface area contributed by atoms with Gasteiger partial charge in [0.25, 0.3) is 5.91 Å². The van der Waals surface area contributed by atoms with E-state index < -0.39 is 0 Å². The maximum atomic E-state index is 12.7. The van der Waals surface area contributed by atoms with E-state index in [-0.39, 0.29) is 11.8 Å². The molecule has 2 amide bonds. The number of rotatable bonds is 6. The van der Waals surface area contributed by atoms with Gasteiger partial charge < -0.3 is 15.5 Å². The van der Waals surface area contributed by atoms with E-state index >= 15 is 0 Å². The van der Waals surface area contributed by atoms with Crippen molar-refractivity contribution < 1.29 is 9.59 Å². The number of nitrogens with zero attached hydrogens (tertiary/aromatic N) is 1. The monoisotopic (exact) mass is 343 g/mol. The summed E-state index contributed by atoms with van der Waals surface area (Å²) in [5.41, 5.74) is 2.41. The van der Waals surface area contributed by atoms with Crippen molar-refractivity contribution >= 4 is 17.5 Å². The van der Waals surface area contributed by atoms with E-state index in [1.54, 1.807) is 0 Å². The Labute approximate surface area is 150 Å². The van der Waals surface area contributed by atoms with Crippen LogP contribution in [0.2, 0.25) is 0 Å². The molecule has 1 heterocycles. The van der Waals surface area contributed by atoms with Crippen LogP contribution in [0.5, 0.6) is 0 Å². The summed E-state index contributed by atoms with van der Waals surface area (Å²) in [6.07, 6.45) is 5.91. The third kappa shape index (κ3) is 4.82. The van der Waals surface area contributed by atoms with Crippen LogP contribution >= 0.6 is 0 Å². The number of hydrogen-bond acceptors (Lipinski definition) is 3. The van der Waals surface area contributed by atoms with Gasteiger partial charge in [-0.1, -0.05) is 0 Å². The van der Waals surface area contributed by atoms with Gasteiger partial charge in [-0.15, -0.1) is 0 Å². The average molecular weight is 343 g/mol. The first-order chi connectivity index (χ1) is 12.0. The Morgan fingerprint density at radius 3 is 2.68 bits per heavy atom. The van der Waals surface area contributed by atoms with E-state index in [9.17, 15) is 9.59 Å². The summed E-state index contributed by atoms with van der Waals surface area (Å²) in [4.78, 5) is 26.7. The third-order valence-electron chi connectivity index (χ3n) is 5.23. The van der Waals surface area contributed by atoms with Crippen molar-refractivity contribution in [3.8, 4) is 0 Å². The molecule has 1 aliphatic heterocycles. The fourth-order valence-electron chi connectivity index (χ4n) is 3.41. The number of anilines is 1. The molecule has 0 spiro atoms. The summed E-state index contributed by atoms with van der Waals surface area (Å²) in [6.45, 7) is 6.15. The predicted octanol–water partition coefficient (Wildman–Crippen LogP) is 2.95. The van der Waals surface area contributed by atoms with Gasteiger partial charge in [0.1, 0.15) is 0 Å². The van der Waals surface area contributed by atoms with Gasteiger partial charge in [0.05, 0.1) is 6.54 Å². The second-order valence-corrected chi connectivity index (χ2v) is 7.50. The maximum Gasteiger partial charge on any atom is 0.254 e. The number of amides is 2. The van der Waals surface area contributed by atoms with Crippen molar-refractivity contribution in [2.75, 3.05) is 25.0 Å². The van der Waals surface area contributed by atoms with Crippen molar-refractivity contribution in [3.05, 3.63) is 29.3 Å². The zero-order chi connectivity index (χ0) is 17.8. The Morgan fingerprint density at radius 2 is 2.00 bits per heavy atom. The molecule has 0 radical (unpaired) electrons. The standard InChI is InChI=1S/C20H29N3O2/c1-14-11-17(20(25)23-10-4-3-5-15(23)2)8-9-18(14)22-19(24)13-21-12-16-6-7-16/h8-9,11,15-16,21H,3-7,10,12-13H2,1-2H3,(H,22,24). The molecule has 1 aromatic carbocycles. The molecule has 1 saturated carbocycles. The van der Waals surface area contributed by atoms with E-state index in [4.69, 9.17) is 0 Å². The van der Waals surface area contributed by atoms with Crippen molar-refractivity contribution in [2.24, 2.45) is 5.92 Å². The van der Waals surface area contributed by atoms with Crippen molar-refractivity contribution in [1.82, 2.24) is 10.2 Å². The molecule has 5 heteroatoms. The zero-order valence-electron chi connectivity index (χ0n) is 15.3. The number of piperidine rings is 1. The molecule has 2 aliphatic rings. The Balaban J connectivity index is 1.57. The number of aryl methyl sites for hydroxylation is 1. The first kappa shape index (κ1) is 17.9. The number of carbonyl (C=O) groups excluding carboxylic acids is 2. The summed E-state index contributed by atoms with van der Waals surface area (Å²) in [7, 11) is 0.